The molecule has 1 heterocycles. The van der Waals surface area contributed by atoms with Gasteiger partial charge in [-0.1, -0.05) is 29.8 Å². The van der Waals surface area contributed by atoms with Gasteiger partial charge in [0.2, 0.25) is 0 Å². The van der Waals surface area contributed by atoms with E-state index in [4.69, 9.17) is 16.3 Å². The number of methoxy groups -OCH3 is 1. The molecule has 3 aromatic rings. The van der Waals surface area contributed by atoms with Crippen molar-refractivity contribution in [1.82, 2.24) is 4.98 Å². The summed E-state index contributed by atoms with van der Waals surface area (Å²) in [6.45, 7) is 0. The third-order valence-electron chi connectivity index (χ3n) is 3.07. The van der Waals surface area contributed by atoms with Gasteiger partial charge in [0.1, 0.15) is 5.75 Å². The van der Waals surface area contributed by atoms with E-state index in [1.54, 1.807) is 7.11 Å². The lowest BCUT2D eigenvalue weighted by Gasteiger charge is -2.05. The highest BCUT2D eigenvalue weighted by Crippen LogP contribution is 2.25. The van der Waals surface area contributed by atoms with E-state index >= 15 is 0 Å². The van der Waals surface area contributed by atoms with Crippen molar-refractivity contribution >= 4 is 22.5 Å². The summed E-state index contributed by atoms with van der Waals surface area (Å²) >= 11 is 5.95. The average molecular weight is 270 g/mol. The van der Waals surface area contributed by atoms with Crippen LogP contribution < -0.4 is 4.74 Å². The monoisotopic (exact) mass is 269 g/mol. The Morgan fingerprint density at radius 3 is 2.47 bits per heavy atom. The van der Waals surface area contributed by atoms with Gasteiger partial charge in [-0.15, -0.1) is 0 Å². The van der Waals surface area contributed by atoms with Crippen LogP contribution in [0.1, 0.15) is 0 Å². The molecule has 2 nitrogen and oxygen atoms in total. The topological polar surface area (TPSA) is 22.1 Å². The molecule has 19 heavy (non-hydrogen) atoms. The van der Waals surface area contributed by atoms with Crippen LogP contribution in [0.2, 0.25) is 5.02 Å². The van der Waals surface area contributed by atoms with E-state index in [-0.39, 0.29) is 0 Å². The molecule has 2 aromatic carbocycles. The quantitative estimate of drug-likeness (QED) is 0.680. The normalized spacial score (nSPS) is 10.6. The summed E-state index contributed by atoms with van der Waals surface area (Å²) in [6, 6.07) is 15.8. The lowest BCUT2D eigenvalue weighted by atomic mass is 10.1. The molecule has 0 aliphatic carbocycles. The minimum absolute atomic E-state index is 0.706. The molecule has 0 radical (unpaired) electrons. The van der Waals surface area contributed by atoms with E-state index < -0.39 is 0 Å². The highest BCUT2D eigenvalue weighted by Gasteiger charge is 2.02. The number of hydrogen-bond acceptors (Lipinski definition) is 2. The fourth-order valence-corrected chi connectivity index (χ4v) is 2.20. The molecule has 0 saturated carbocycles. The second kappa shape index (κ2) is 4.90. The van der Waals surface area contributed by atoms with E-state index in [1.165, 1.54) is 0 Å². The molecule has 0 saturated heterocycles. The second-order valence-electron chi connectivity index (χ2n) is 4.29. The summed E-state index contributed by atoms with van der Waals surface area (Å²) in [4.78, 5) is 4.45. The van der Waals surface area contributed by atoms with Crippen LogP contribution in [0, 0.1) is 0 Å². The van der Waals surface area contributed by atoms with Crippen molar-refractivity contribution in [2.45, 2.75) is 0 Å². The molecule has 0 spiro atoms. The summed E-state index contributed by atoms with van der Waals surface area (Å²) < 4.78 is 5.16. The van der Waals surface area contributed by atoms with Crippen molar-refractivity contribution in [3.05, 3.63) is 59.8 Å². The predicted molar refractivity (Wildman–Crippen MR) is 78.7 cm³/mol. The minimum atomic E-state index is 0.706. The van der Waals surface area contributed by atoms with Crippen molar-refractivity contribution in [2.75, 3.05) is 7.11 Å². The van der Waals surface area contributed by atoms with Gasteiger partial charge in [-0.2, -0.15) is 0 Å². The fourth-order valence-electron chi connectivity index (χ4n) is 2.04. The maximum Gasteiger partial charge on any atom is 0.118 e. The Morgan fingerprint density at radius 2 is 1.74 bits per heavy atom. The van der Waals surface area contributed by atoms with Crippen LogP contribution in [0.3, 0.4) is 0 Å². The summed E-state index contributed by atoms with van der Waals surface area (Å²) in [7, 11) is 1.66. The number of hydrogen-bond donors (Lipinski definition) is 0. The zero-order valence-corrected chi connectivity index (χ0v) is 11.2. The Labute approximate surface area is 116 Å². The largest absolute Gasteiger partial charge is 0.497 e. The molecular formula is C16H12ClNO. The fraction of sp³-hybridized carbons (Fsp3) is 0.0625. The molecule has 0 bridgehead atoms. The summed E-state index contributed by atoms with van der Waals surface area (Å²) in [6.07, 6.45) is 1.86. The van der Waals surface area contributed by atoms with E-state index in [0.717, 1.165) is 27.8 Å². The van der Waals surface area contributed by atoms with Crippen molar-refractivity contribution in [1.29, 1.82) is 0 Å². The van der Waals surface area contributed by atoms with Gasteiger partial charge in [-0.3, -0.25) is 4.98 Å². The van der Waals surface area contributed by atoms with Crippen LogP contribution in [0.25, 0.3) is 22.0 Å². The van der Waals surface area contributed by atoms with E-state index in [2.05, 4.69) is 11.1 Å². The molecule has 0 amide bonds. The van der Waals surface area contributed by atoms with E-state index in [1.807, 2.05) is 48.7 Å². The molecule has 1 aromatic heterocycles. The number of aromatic nitrogens is 1. The molecule has 0 N–H and O–H groups in total. The molecule has 0 fully saturated rings. The number of nitrogens with zero attached hydrogens (tertiary/aromatic N) is 1. The van der Waals surface area contributed by atoms with Crippen LogP contribution in [-0.2, 0) is 0 Å². The van der Waals surface area contributed by atoms with Gasteiger partial charge < -0.3 is 4.74 Å². The average Bonchev–Trinajstić information content (AvgIpc) is 2.47. The van der Waals surface area contributed by atoms with E-state index in [0.29, 0.717) is 5.02 Å². The lowest BCUT2D eigenvalue weighted by molar-refractivity contribution is 0.415. The molecule has 3 heteroatoms. The Bertz CT molecular complexity index is 722. The maximum atomic E-state index is 5.95. The van der Waals surface area contributed by atoms with Gasteiger partial charge in [0.15, 0.2) is 0 Å². The predicted octanol–water partition coefficient (Wildman–Crippen LogP) is 4.56. The zero-order valence-electron chi connectivity index (χ0n) is 10.4. The van der Waals surface area contributed by atoms with E-state index in [9.17, 15) is 0 Å². The van der Waals surface area contributed by atoms with Gasteiger partial charge in [0.05, 0.1) is 12.6 Å². The highest BCUT2D eigenvalue weighted by molar-refractivity contribution is 6.31. The van der Waals surface area contributed by atoms with Crippen LogP contribution in [0.4, 0.5) is 0 Å². The second-order valence-corrected chi connectivity index (χ2v) is 4.73. The Morgan fingerprint density at radius 1 is 0.947 bits per heavy atom. The van der Waals surface area contributed by atoms with Crippen LogP contribution in [0.15, 0.2) is 54.7 Å². The molecule has 0 atom stereocenters. The zero-order chi connectivity index (χ0) is 13.2. The third-order valence-corrected chi connectivity index (χ3v) is 3.30. The SMILES string of the molecule is COc1ccc(-c2cnc3cc(Cl)ccc3c2)cc1. The Hall–Kier alpha value is -2.06. The molecule has 0 aliphatic heterocycles. The van der Waals surface area contributed by atoms with Gasteiger partial charge in [0, 0.05) is 22.2 Å². The minimum Gasteiger partial charge on any atom is -0.497 e. The van der Waals surface area contributed by atoms with Gasteiger partial charge in [-0.05, 0) is 35.9 Å². The standard InChI is InChI=1S/C16H12ClNO/c1-19-15-6-3-11(4-7-15)13-8-12-2-5-14(17)9-16(12)18-10-13/h2-10H,1H3. The van der Waals surface area contributed by atoms with Crippen molar-refractivity contribution in [3.8, 4) is 16.9 Å². The first-order valence-corrected chi connectivity index (χ1v) is 6.34. The molecule has 0 unspecified atom stereocenters. The number of fused-ring (bicyclic) bond motifs is 1. The number of ether oxygens (including phenoxy) is 1. The molecular weight excluding hydrogens is 258 g/mol. The van der Waals surface area contributed by atoms with Crippen LogP contribution in [0.5, 0.6) is 5.75 Å². The first-order chi connectivity index (χ1) is 9.26. The molecule has 94 valence electrons. The summed E-state index contributed by atoms with van der Waals surface area (Å²) in [5, 5.41) is 1.79. The lowest BCUT2D eigenvalue weighted by Crippen LogP contribution is -1.85. The maximum absolute atomic E-state index is 5.95. The number of rotatable bonds is 2. The Kier molecular flexibility index (Phi) is 3.10. The summed E-state index contributed by atoms with van der Waals surface area (Å²) in [5.74, 6) is 0.851. The van der Waals surface area contributed by atoms with Crippen molar-refractivity contribution < 1.29 is 4.74 Å². The smallest absolute Gasteiger partial charge is 0.118 e. The molecule has 0 aliphatic rings. The number of halogens is 1. The Balaban J connectivity index is 2.06. The molecule has 3 rings (SSSR count). The number of benzene rings is 2. The third kappa shape index (κ3) is 2.40. The first kappa shape index (κ1) is 12.0. The van der Waals surface area contributed by atoms with Crippen LogP contribution in [-0.4, -0.2) is 12.1 Å². The van der Waals surface area contributed by atoms with Gasteiger partial charge >= 0.3 is 0 Å². The number of pyridine rings is 1. The first-order valence-electron chi connectivity index (χ1n) is 5.96. The van der Waals surface area contributed by atoms with Crippen molar-refractivity contribution in [2.24, 2.45) is 0 Å². The van der Waals surface area contributed by atoms with Gasteiger partial charge in [-0.25, -0.2) is 0 Å². The highest BCUT2D eigenvalue weighted by atomic mass is 35.5. The van der Waals surface area contributed by atoms with Gasteiger partial charge in [0.25, 0.3) is 0 Å². The van der Waals surface area contributed by atoms with Crippen molar-refractivity contribution in [3.63, 3.8) is 0 Å². The van der Waals surface area contributed by atoms with Crippen LogP contribution >= 0.6 is 11.6 Å². The summed E-state index contributed by atoms with van der Waals surface area (Å²) in [5.41, 5.74) is 3.10.